The highest BCUT2D eigenvalue weighted by molar-refractivity contribution is 5.94. The lowest BCUT2D eigenvalue weighted by atomic mass is 9.93. The van der Waals surface area contributed by atoms with Crippen LogP contribution in [0.2, 0.25) is 0 Å². The molecule has 174 valence electrons. The summed E-state index contributed by atoms with van der Waals surface area (Å²) < 4.78 is 57.2. The molecule has 1 heterocycles. The minimum Gasteiger partial charge on any atom is -0.339 e. The monoisotopic (exact) mass is 461 g/mol. The van der Waals surface area contributed by atoms with E-state index < -0.39 is 17.6 Å². The molecule has 1 aliphatic carbocycles. The van der Waals surface area contributed by atoms with E-state index in [-0.39, 0.29) is 35.6 Å². The van der Waals surface area contributed by atoms with E-state index in [1.165, 1.54) is 30.3 Å². The van der Waals surface area contributed by atoms with E-state index in [1.54, 1.807) is 11.0 Å². The molecule has 5 nitrogen and oxygen atoms in total. The Hall–Kier alpha value is -3.23. The molecule has 1 saturated carbocycles. The predicted octanol–water partition coefficient (Wildman–Crippen LogP) is 5.91. The smallest absolute Gasteiger partial charge is 0.339 e. The summed E-state index contributed by atoms with van der Waals surface area (Å²) in [5, 5.41) is 3.86. The van der Waals surface area contributed by atoms with Gasteiger partial charge < -0.3 is 9.42 Å². The second-order valence-corrected chi connectivity index (χ2v) is 8.14. The molecule has 1 aliphatic rings. The van der Waals surface area contributed by atoms with Crippen molar-refractivity contribution in [3.63, 3.8) is 0 Å². The Labute approximate surface area is 188 Å². The first-order chi connectivity index (χ1) is 15.8. The minimum atomic E-state index is -4.42. The van der Waals surface area contributed by atoms with Gasteiger partial charge in [-0.15, -0.1) is 0 Å². The van der Waals surface area contributed by atoms with Crippen molar-refractivity contribution in [2.45, 2.75) is 50.7 Å². The minimum absolute atomic E-state index is 0.0480. The normalized spacial score (nSPS) is 14.9. The molecule has 0 atom stereocenters. The molecule has 0 aliphatic heterocycles. The maximum Gasteiger partial charge on any atom is 0.416 e. The maximum atomic E-state index is 13.7. The van der Waals surface area contributed by atoms with Gasteiger partial charge in [0.25, 0.3) is 5.91 Å². The van der Waals surface area contributed by atoms with Crippen molar-refractivity contribution in [1.29, 1.82) is 0 Å². The number of benzene rings is 2. The van der Waals surface area contributed by atoms with Crippen LogP contribution in [-0.4, -0.2) is 33.5 Å². The number of rotatable bonds is 6. The Balaban J connectivity index is 1.48. The van der Waals surface area contributed by atoms with Crippen LogP contribution >= 0.6 is 0 Å². The van der Waals surface area contributed by atoms with Gasteiger partial charge in [-0.2, -0.15) is 18.2 Å². The first kappa shape index (κ1) is 22.9. The summed E-state index contributed by atoms with van der Waals surface area (Å²) in [6, 6.07) is 10.2. The van der Waals surface area contributed by atoms with Crippen LogP contribution in [0, 0.1) is 5.82 Å². The molecule has 0 spiro atoms. The van der Waals surface area contributed by atoms with Gasteiger partial charge in [0.1, 0.15) is 5.82 Å². The highest BCUT2D eigenvalue weighted by atomic mass is 19.4. The number of alkyl halides is 3. The van der Waals surface area contributed by atoms with E-state index in [0.29, 0.717) is 12.1 Å². The van der Waals surface area contributed by atoms with Crippen LogP contribution in [0.5, 0.6) is 0 Å². The van der Waals surface area contributed by atoms with Crippen molar-refractivity contribution < 1.29 is 26.9 Å². The van der Waals surface area contributed by atoms with E-state index in [2.05, 4.69) is 10.1 Å². The van der Waals surface area contributed by atoms with Gasteiger partial charge in [-0.1, -0.05) is 42.6 Å². The zero-order chi connectivity index (χ0) is 23.4. The highest BCUT2D eigenvalue weighted by Crippen LogP contribution is 2.30. The zero-order valence-electron chi connectivity index (χ0n) is 17.8. The third-order valence-electron chi connectivity index (χ3n) is 5.85. The zero-order valence-corrected chi connectivity index (χ0v) is 17.8. The van der Waals surface area contributed by atoms with Crippen LogP contribution in [0.4, 0.5) is 17.6 Å². The van der Waals surface area contributed by atoms with E-state index in [1.807, 2.05) is 0 Å². The van der Waals surface area contributed by atoms with Crippen LogP contribution in [-0.2, 0) is 12.6 Å². The molecule has 9 heteroatoms. The van der Waals surface area contributed by atoms with E-state index >= 15 is 0 Å². The Bertz CT molecular complexity index is 1090. The van der Waals surface area contributed by atoms with E-state index in [4.69, 9.17) is 4.52 Å². The fourth-order valence-corrected chi connectivity index (χ4v) is 4.13. The summed E-state index contributed by atoms with van der Waals surface area (Å²) in [6.07, 6.45) is 0.789. The Morgan fingerprint density at radius 1 is 1.06 bits per heavy atom. The quantitative estimate of drug-likeness (QED) is 0.428. The lowest BCUT2D eigenvalue weighted by Gasteiger charge is -2.34. The summed E-state index contributed by atoms with van der Waals surface area (Å²) in [5.41, 5.74) is -0.0662. The molecule has 1 fully saturated rings. The molecule has 4 rings (SSSR count). The first-order valence-corrected chi connectivity index (χ1v) is 10.9. The van der Waals surface area contributed by atoms with Crippen molar-refractivity contribution in [3.05, 3.63) is 71.4 Å². The molecule has 0 bridgehead atoms. The van der Waals surface area contributed by atoms with Gasteiger partial charge in [0.15, 0.2) is 0 Å². The van der Waals surface area contributed by atoms with E-state index in [0.717, 1.165) is 44.2 Å². The number of halogens is 4. The van der Waals surface area contributed by atoms with Crippen LogP contribution in [0.25, 0.3) is 11.4 Å². The summed E-state index contributed by atoms with van der Waals surface area (Å²) in [7, 11) is 0. The molecule has 0 N–H and O–H groups in total. The fraction of sp³-hybridized carbons (Fsp3) is 0.375. The summed E-state index contributed by atoms with van der Waals surface area (Å²) in [5.74, 6) is -0.261. The van der Waals surface area contributed by atoms with Crippen LogP contribution in [0.1, 0.15) is 53.9 Å². The van der Waals surface area contributed by atoms with Crippen molar-refractivity contribution in [2.24, 2.45) is 0 Å². The number of hydrogen-bond acceptors (Lipinski definition) is 4. The maximum absolute atomic E-state index is 13.7. The Morgan fingerprint density at radius 3 is 2.45 bits per heavy atom. The van der Waals surface area contributed by atoms with E-state index in [9.17, 15) is 22.4 Å². The van der Waals surface area contributed by atoms with Gasteiger partial charge >= 0.3 is 6.18 Å². The van der Waals surface area contributed by atoms with Gasteiger partial charge in [-0.3, -0.25) is 4.79 Å². The highest BCUT2D eigenvalue weighted by Gasteiger charge is 2.30. The Kier molecular flexibility index (Phi) is 6.76. The van der Waals surface area contributed by atoms with Crippen molar-refractivity contribution >= 4 is 5.91 Å². The van der Waals surface area contributed by atoms with Gasteiger partial charge in [-0.25, -0.2) is 4.39 Å². The summed E-state index contributed by atoms with van der Waals surface area (Å²) >= 11 is 0. The number of carbonyl (C=O) groups is 1. The number of amides is 1. The van der Waals surface area contributed by atoms with Gasteiger partial charge in [-0.05, 0) is 43.2 Å². The number of nitrogens with zero attached hydrogens (tertiary/aromatic N) is 3. The fourth-order valence-electron chi connectivity index (χ4n) is 4.13. The van der Waals surface area contributed by atoms with Gasteiger partial charge in [0, 0.05) is 30.1 Å². The molecule has 0 radical (unpaired) electrons. The molecule has 0 saturated heterocycles. The summed E-state index contributed by atoms with van der Waals surface area (Å²) in [6.45, 7) is 0.314. The molecule has 1 aromatic heterocycles. The Morgan fingerprint density at radius 2 is 1.79 bits per heavy atom. The third-order valence-corrected chi connectivity index (χ3v) is 5.85. The molecule has 2 aromatic carbocycles. The second-order valence-electron chi connectivity index (χ2n) is 8.14. The predicted molar refractivity (Wildman–Crippen MR) is 113 cm³/mol. The molecule has 0 unspecified atom stereocenters. The van der Waals surface area contributed by atoms with Gasteiger partial charge in [0.2, 0.25) is 11.7 Å². The van der Waals surface area contributed by atoms with Crippen molar-refractivity contribution in [3.8, 4) is 11.4 Å². The first-order valence-electron chi connectivity index (χ1n) is 10.9. The third kappa shape index (κ3) is 5.58. The van der Waals surface area contributed by atoms with Gasteiger partial charge in [0.05, 0.1) is 5.56 Å². The standard InChI is InChI=1S/C24H23F4N3O2/c25-19-6-4-5-17(15-19)23(32)31(20-7-2-1-3-8-20)14-13-21-29-22(30-33-21)16-9-11-18(12-10-16)24(26,27)28/h4-6,9-12,15,20H,1-3,7-8,13-14H2. The number of carbonyl (C=O) groups excluding carboxylic acids is 1. The average molecular weight is 461 g/mol. The largest absolute Gasteiger partial charge is 0.416 e. The topological polar surface area (TPSA) is 59.2 Å². The van der Waals surface area contributed by atoms with Crippen molar-refractivity contribution in [2.75, 3.05) is 6.54 Å². The van der Waals surface area contributed by atoms with Crippen LogP contribution in [0.15, 0.2) is 53.1 Å². The number of hydrogen-bond donors (Lipinski definition) is 0. The molecule has 33 heavy (non-hydrogen) atoms. The van der Waals surface area contributed by atoms with Crippen LogP contribution < -0.4 is 0 Å². The summed E-state index contributed by atoms with van der Waals surface area (Å²) in [4.78, 5) is 19.2. The average Bonchev–Trinajstić information content (AvgIpc) is 3.28. The van der Waals surface area contributed by atoms with Crippen molar-refractivity contribution in [1.82, 2.24) is 15.0 Å². The molecular weight excluding hydrogens is 438 g/mol. The number of aromatic nitrogens is 2. The molecule has 1 amide bonds. The molecule has 3 aromatic rings. The lowest BCUT2D eigenvalue weighted by molar-refractivity contribution is -0.137. The molecular formula is C24H23F4N3O2. The lowest BCUT2D eigenvalue weighted by Crippen LogP contribution is -2.42. The SMILES string of the molecule is O=C(c1cccc(F)c1)N(CCc1nc(-c2ccc(C(F)(F)F)cc2)no1)C1CCCCC1. The second kappa shape index (κ2) is 9.72. The van der Waals surface area contributed by atoms with Crippen LogP contribution in [0.3, 0.4) is 0 Å².